The fraction of sp³-hybridized carbons (Fsp3) is 0.417. The normalized spacial score (nSPS) is 16.9. The van der Waals surface area contributed by atoms with Crippen LogP contribution in [0, 0.1) is 0 Å². The molecular formula is C12H15N5O. The largest absolute Gasteiger partial charge is 0.379 e. The van der Waals surface area contributed by atoms with Crippen molar-refractivity contribution in [1.82, 2.24) is 25.1 Å². The summed E-state index contributed by atoms with van der Waals surface area (Å²) >= 11 is 0. The minimum absolute atomic E-state index is 0.700. The average molecular weight is 245 g/mol. The lowest BCUT2D eigenvalue weighted by molar-refractivity contribution is 0.0331. The van der Waals surface area contributed by atoms with Gasteiger partial charge in [-0.2, -0.15) is 5.10 Å². The second kappa shape index (κ2) is 5.24. The number of aromatic nitrogens is 4. The number of nitrogens with one attached hydrogen (secondary N) is 1. The highest BCUT2D eigenvalue weighted by molar-refractivity contribution is 5.52. The van der Waals surface area contributed by atoms with Crippen LogP contribution in [0.2, 0.25) is 0 Å². The molecule has 1 aliphatic heterocycles. The smallest absolute Gasteiger partial charge is 0.182 e. The van der Waals surface area contributed by atoms with Gasteiger partial charge in [0, 0.05) is 31.0 Å². The van der Waals surface area contributed by atoms with E-state index in [4.69, 9.17) is 4.74 Å². The number of H-pyrrole nitrogens is 1. The van der Waals surface area contributed by atoms with Crippen LogP contribution in [0.25, 0.3) is 11.4 Å². The molecule has 0 aromatic carbocycles. The molecule has 1 aliphatic rings. The van der Waals surface area contributed by atoms with Crippen molar-refractivity contribution in [2.24, 2.45) is 0 Å². The van der Waals surface area contributed by atoms with E-state index < -0.39 is 0 Å². The summed E-state index contributed by atoms with van der Waals surface area (Å²) in [4.78, 5) is 10.9. The lowest BCUT2D eigenvalue weighted by atomic mass is 10.3. The summed E-state index contributed by atoms with van der Waals surface area (Å²) in [6.45, 7) is 4.27. The lowest BCUT2D eigenvalue weighted by Gasteiger charge is -2.25. The first-order valence-electron chi connectivity index (χ1n) is 6.03. The molecule has 3 heterocycles. The zero-order valence-electron chi connectivity index (χ0n) is 10.0. The van der Waals surface area contributed by atoms with Crippen molar-refractivity contribution in [1.29, 1.82) is 0 Å². The third-order valence-corrected chi connectivity index (χ3v) is 2.93. The molecule has 6 nitrogen and oxygen atoms in total. The minimum Gasteiger partial charge on any atom is -0.379 e. The highest BCUT2D eigenvalue weighted by Gasteiger charge is 2.13. The fourth-order valence-corrected chi connectivity index (χ4v) is 1.96. The summed E-state index contributed by atoms with van der Waals surface area (Å²) in [6.07, 6.45) is 3.51. The third-order valence-electron chi connectivity index (χ3n) is 2.93. The van der Waals surface area contributed by atoms with Gasteiger partial charge in [0.15, 0.2) is 5.82 Å². The van der Waals surface area contributed by atoms with Gasteiger partial charge in [0.25, 0.3) is 0 Å². The van der Waals surface area contributed by atoms with Crippen LogP contribution in [0.15, 0.2) is 24.5 Å². The highest BCUT2D eigenvalue weighted by Crippen LogP contribution is 2.13. The maximum atomic E-state index is 5.32. The number of nitrogens with zero attached hydrogens (tertiary/aromatic N) is 4. The molecule has 0 spiro atoms. The van der Waals surface area contributed by atoms with Gasteiger partial charge >= 0.3 is 0 Å². The molecule has 0 aliphatic carbocycles. The molecule has 6 heteroatoms. The maximum absolute atomic E-state index is 5.32. The topological polar surface area (TPSA) is 66.9 Å². The highest BCUT2D eigenvalue weighted by atomic mass is 16.5. The first kappa shape index (κ1) is 11.3. The second-order valence-electron chi connectivity index (χ2n) is 4.24. The van der Waals surface area contributed by atoms with Gasteiger partial charge in [-0.05, 0) is 12.1 Å². The number of pyridine rings is 1. The Balaban J connectivity index is 1.69. The third kappa shape index (κ3) is 2.55. The number of morpholine rings is 1. The number of ether oxygens (including phenoxy) is 1. The quantitative estimate of drug-likeness (QED) is 0.862. The molecule has 0 radical (unpaired) electrons. The van der Waals surface area contributed by atoms with E-state index in [0.29, 0.717) is 5.82 Å². The van der Waals surface area contributed by atoms with Gasteiger partial charge in [0.05, 0.1) is 19.8 Å². The summed E-state index contributed by atoms with van der Waals surface area (Å²) < 4.78 is 5.32. The number of rotatable bonds is 3. The Morgan fingerprint density at radius 3 is 3.00 bits per heavy atom. The standard InChI is InChI=1S/C12H15N5O/c1-2-10(8-13-3-1)12-14-11(15-16-12)9-17-4-6-18-7-5-17/h1-3,8H,4-7,9H2,(H,14,15,16). The Morgan fingerprint density at radius 1 is 1.33 bits per heavy atom. The Hall–Kier alpha value is -1.79. The van der Waals surface area contributed by atoms with E-state index in [1.165, 1.54) is 0 Å². The van der Waals surface area contributed by atoms with Gasteiger partial charge < -0.3 is 4.74 Å². The molecule has 0 atom stereocenters. The molecule has 0 unspecified atom stereocenters. The minimum atomic E-state index is 0.700. The molecule has 2 aromatic heterocycles. The van der Waals surface area contributed by atoms with Gasteiger partial charge in [-0.3, -0.25) is 15.0 Å². The van der Waals surface area contributed by atoms with E-state index in [9.17, 15) is 0 Å². The van der Waals surface area contributed by atoms with Crippen molar-refractivity contribution >= 4 is 0 Å². The van der Waals surface area contributed by atoms with Crippen molar-refractivity contribution in [2.75, 3.05) is 26.3 Å². The van der Waals surface area contributed by atoms with Crippen molar-refractivity contribution < 1.29 is 4.74 Å². The summed E-state index contributed by atoms with van der Waals surface area (Å²) in [6, 6.07) is 3.84. The molecule has 0 saturated carbocycles. The Kier molecular flexibility index (Phi) is 3.29. The number of hydrogen-bond donors (Lipinski definition) is 1. The van der Waals surface area contributed by atoms with Gasteiger partial charge in [0.2, 0.25) is 0 Å². The molecule has 3 rings (SSSR count). The van der Waals surface area contributed by atoms with E-state index in [2.05, 4.69) is 25.1 Å². The summed E-state index contributed by atoms with van der Waals surface area (Å²) in [5.41, 5.74) is 0.932. The van der Waals surface area contributed by atoms with Crippen LogP contribution in [0.3, 0.4) is 0 Å². The predicted molar refractivity (Wildman–Crippen MR) is 65.7 cm³/mol. The van der Waals surface area contributed by atoms with Crippen LogP contribution < -0.4 is 0 Å². The number of aromatic amines is 1. The van der Waals surface area contributed by atoms with Crippen molar-refractivity contribution in [2.45, 2.75) is 6.54 Å². The summed E-state index contributed by atoms with van der Waals surface area (Å²) in [5, 5.41) is 7.20. The maximum Gasteiger partial charge on any atom is 0.182 e. The molecule has 18 heavy (non-hydrogen) atoms. The first-order valence-corrected chi connectivity index (χ1v) is 6.03. The van der Waals surface area contributed by atoms with Gasteiger partial charge in [-0.15, -0.1) is 0 Å². The van der Waals surface area contributed by atoms with Crippen LogP contribution in [0.5, 0.6) is 0 Å². The van der Waals surface area contributed by atoms with Crippen molar-refractivity contribution in [3.05, 3.63) is 30.4 Å². The van der Waals surface area contributed by atoms with E-state index in [-0.39, 0.29) is 0 Å². The van der Waals surface area contributed by atoms with Crippen LogP contribution in [-0.2, 0) is 11.3 Å². The van der Waals surface area contributed by atoms with Crippen LogP contribution in [-0.4, -0.2) is 51.4 Å². The monoisotopic (exact) mass is 245 g/mol. The lowest BCUT2D eigenvalue weighted by Crippen LogP contribution is -2.35. The van der Waals surface area contributed by atoms with E-state index in [0.717, 1.165) is 44.2 Å². The van der Waals surface area contributed by atoms with Gasteiger partial charge in [-0.25, -0.2) is 4.98 Å². The molecule has 2 aromatic rings. The molecule has 0 amide bonds. The van der Waals surface area contributed by atoms with Crippen molar-refractivity contribution in [3.63, 3.8) is 0 Å². The predicted octanol–water partition coefficient (Wildman–Crippen LogP) is 0.699. The number of hydrogen-bond acceptors (Lipinski definition) is 5. The molecule has 0 bridgehead atoms. The summed E-state index contributed by atoms with van der Waals surface area (Å²) in [7, 11) is 0. The average Bonchev–Trinajstić information content (AvgIpc) is 2.89. The van der Waals surface area contributed by atoms with E-state index >= 15 is 0 Å². The van der Waals surface area contributed by atoms with Crippen LogP contribution in [0.4, 0.5) is 0 Å². The summed E-state index contributed by atoms with van der Waals surface area (Å²) in [5.74, 6) is 1.59. The van der Waals surface area contributed by atoms with Crippen LogP contribution >= 0.6 is 0 Å². The van der Waals surface area contributed by atoms with E-state index in [1.54, 1.807) is 12.4 Å². The van der Waals surface area contributed by atoms with Gasteiger partial charge in [-0.1, -0.05) is 0 Å². The van der Waals surface area contributed by atoms with Crippen LogP contribution in [0.1, 0.15) is 5.82 Å². The van der Waals surface area contributed by atoms with E-state index in [1.807, 2.05) is 12.1 Å². The molecular weight excluding hydrogens is 230 g/mol. The second-order valence-corrected chi connectivity index (χ2v) is 4.24. The molecule has 94 valence electrons. The Labute approximate surface area is 105 Å². The van der Waals surface area contributed by atoms with Crippen molar-refractivity contribution in [3.8, 4) is 11.4 Å². The molecule has 1 saturated heterocycles. The zero-order valence-corrected chi connectivity index (χ0v) is 10.0. The fourth-order valence-electron chi connectivity index (χ4n) is 1.96. The Bertz CT molecular complexity index is 492. The zero-order chi connectivity index (χ0) is 12.2. The van der Waals surface area contributed by atoms with Gasteiger partial charge in [0.1, 0.15) is 5.82 Å². The molecule has 1 fully saturated rings. The first-order chi connectivity index (χ1) is 8.92. The molecule has 1 N–H and O–H groups in total. The Morgan fingerprint density at radius 2 is 2.22 bits per heavy atom. The SMILES string of the molecule is c1cncc(-c2n[nH]c(CN3CCOCC3)n2)c1.